The molecule has 3 rings (SSSR count). The molecular formula is C14H14F3N3. The van der Waals surface area contributed by atoms with Gasteiger partial charge in [-0.1, -0.05) is 6.07 Å². The summed E-state index contributed by atoms with van der Waals surface area (Å²) in [5.74, 6) is 0.741. The van der Waals surface area contributed by atoms with Crippen molar-refractivity contribution in [2.45, 2.75) is 25.1 Å². The average molecular weight is 281 g/mol. The van der Waals surface area contributed by atoms with Crippen molar-refractivity contribution in [1.29, 1.82) is 0 Å². The lowest BCUT2D eigenvalue weighted by Crippen LogP contribution is -2.09. The number of fused-ring (bicyclic) bond motifs is 1. The first-order valence-corrected chi connectivity index (χ1v) is 6.40. The number of benzene rings is 1. The highest BCUT2D eigenvalue weighted by Crippen LogP contribution is 2.37. The number of hydrogen-bond donors (Lipinski definition) is 1. The van der Waals surface area contributed by atoms with Crippen molar-refractivity contribution in [3.8, 4) is 0 Å². The van der Waals surface area contributed by atoms with Crippen molar-refractivity contribution in [3.63, 3.8) is 0 Å². The molecule has 2 aromatic rings. The van der Waals surface area contributed by atoms with Crippen molar-refractivity contribution in [2.75, 3.05) is 5.32 Å². The maximum absolute atomic E-state index is 12.7. The Balaban J connectivity index is 1.84. The maximum Gasteiger partial charge on any atom is 0.416 e. The van der Waals surface area contributed by atoms with Crippen LogP contribution in [0.5, 0.6) is 0 Å². The van der Waals surface area contributed by atoms with Crippen LogP contribution in [0.25, 0.3) is 0 Å². The summed E-state index contributed by atoms with van der Waals surface area (Å²) in [7, 11) is 1.82. The molecule has 0 saturated carbocycles. The molecule has 0 aliphatic heterocycles. The largest absolute Gasteiger partial charge is 0.416 e. The van der Waals surface area contributed by atoms with Gasteiger partial charge in [0.2, 0.25) is 0 Å². The van der Waals surface area contributed by atoms with Crippen LogP contribution in [0, 0.1) is 0 Å². The van der Waals surface area contributed by atoms with Crippen molar-refractivity contribution >= 4 is 5.82 Å². The van der Waals surface area contributed by atoms with Gasteiger partial charge in [-0.05, 0) is 36.1 Å². The Morgan fingerprint density at radius 3 is 2.75 bits per heavy atom. The van der Waals surface area contributed by atoms with Crippen molar-refractivity contribution in [3.05, 3.63) is 47.2 Å². The topological polar surface area (TPSA) is 29.9 Å². The third-order valence-electron chi connectivity index (χ3n) is 3.58. The predicted molar refractivity (Wildman–Crippen MR) is 69.3 cm³/mol. The van der Waals surface area contributed by atoms with Crippen LogP contribution in [0.15, 0.2) is 30.5 Å². The Morgan fingerprint density at radius 2 is 2.10 bits per heavy atom. The Labute approximate surface area is 114 Å². The van der Waals surface area contributed by atoms with Gasteiger partial charge in [0.25, 0.3) is 0 Å². The van der Waals surface area contributed by atoms with Gasteiger partial charge in [0, 0.05) is 19.3 Å². The first kappa shape index (κ1) is 13.0. The van der Waals surface area contributed by atoms with Gasteiger partial charge in [0.05, 0.1) is 11.6 Å². The van der Waals surface area contributed by atoms with Gasteiger partial charge in [-0.2, -0.15) is 18.3 Å². The molecule has 1 aromatic heterocycles. The molecule has 106 valence electrons. The van der Waals surface area contributed by atoms with Crippen LogP contribution < -0.4 is 5.32 Å². The Hall–Kier alpha value is -1.98. The number of anilines is 1. The fourth-order valence-electron chi connectivity index (χ4n) is 2.61. The number of nitrogens with one attached hydrogen (secondary N) is 1. The van der Waals surface area contributed by atoms with Crippen molar-refractivity contribution < 1.29 is 13.2 Å². The molecule has 3 nitrogen and oxygen atoms in total. The summed E-state index contributed by atoms with van der Waals surface area (Å²) in [6.45, 7) is 0. The number of aryl methyl sites for hydroxylation is 2. The fraction of sp³-hybridized carbons (Fsp3) is 0.357. The van der Waals surface area contributed by atoms with Gasteiger partial charge in [-0.25, -0.2) is 0 Å². The van der Waals surface area contributed by atoms with Crippen LogP contribution in [0.4, 0.5) is 19.0 Å². The van der Waals surface area contributed by atoms with Crippen molar-refractivity contribution in [2.24, 2.45) is 7.05 Å². The molecule has 0 saturated heterocycles. The summed E-state index contributed by atoms with van der Waals surface area (Å²) in [6, 6.07) is 5.86. The van der Waals surface area contributed by atoms with Crippen molar-refractivity contribution in [1.82, 2.24) is 9.78 Å². The molecule has 1 N–H and O–H groups in total. The molecule has 0 fully saturated rings. The molecule has 0 amide bonds. The van der Waals surface area contributed by atoms with Crippen LogP contribution in [0.3, 0.4) is 0 Å². The molecule has 20 heavy (non-hydrogen) atoms. The monoisotopic (exact) mass is 281 g/mol. The lowest BCUT2D eigenvalue weighted by atomic mass is 10.0. The molecule has 1 aliphatic carbocycles. The zero-order valence-electron chi connectivity index (χ0n) is 10.9. The third-order valence-corrected chi connectivity index (χ3v) is 3.58. The summed E-state index contributed by atoms with van der Waals surface area (Å²) >= 11 is 0. The molecule has 0 unspecified atom stereocenters. The number of alkyl halides is 3. The quantitative estimate of drug-likeness (QED) is 0.912. The summed E-state index contributed by atoms with van der Waals surface area (Å²) in [4.78, 5) is 0. The van der Waals surface area contributed by atoms with E-state index < -0.39 is 11.7 Å². The minimum atomic E-state index is -4.28. The predicted octanol–water partition coefficient (Wildman–Crippen LogP) is 3.54. The molecule has 0 bridgehead atoms. The summed E-state index contributed by atoms with van der Waals surface area (Å²) in [5, 5.41) is 7.49. The van der Waals surface area contributed by atoms with E-state index in [2.05, 4.69) is 10.4 Å². The van der Waals surface area contributed by atoms with Gasteiger partial charge in [0.1, 0.15) is 5.82 Å². The fourth-order valence-corrected chi connectivity index (χ4v) is 2.61. The first-order chi connectivity index (χ1) is 9.43. The van der Waals surface area contributed by atoms with E-state index in [-0.39, 0.29) is 6.04 Å². The van der Waals surface area contributed by atoms with Gasteiger partial charge in [-0.15, -0.1) is 0 Å². The highest BCUT2D eigenvalue weighted by Gasteiger charge is 2.33. The molecule has 1 aliphatic rings. The van der Waals surface area contributed by atoms with Crippen LogP contribution in [0.2, 0.25) is 0 Å². The first-order valence-electron chi connectivity index (χ1n) is 6.40. The molecule has 0 radical (unpaired) electrons. The molecule has 1 heterocycles. The Morgan fingerprint density at radius 1 is 1.30 bits per heavy atom. The molecule has 6 heteroatoms. The SMILES string of the molecule is Cn1ccc(N[C@@H]2CCc3cc(C(F)(F)F)ccc32)n1. The van der Waals surface area contributed by atoms with Gasteiger partial charge in [-0.3, -0.25) is 4.68 Å². The number of nitrogens with zero attached hydrogens (tertiary/aromatic N) is 2. The molecule has 1 atom stereocenters. The van der Waals surface area contributed by atoms with Gasteiger partial charge < -0.3 is 5.32 Å². The standard InChI is InChI=1S/C14H14F3N3/c1-20-7-6-13(19-20)18-12-5-2-9-8-10(14(15,16)17)3-4-11(9)12/h3-4,6-8,12H,2,5H2,1H3,(H,18,19)/t12-/m1/s1. The highest BCUT2D eigenvalue weighted by molar-refractivity contribution is 5.44. The normalized spacial score (nSPS) is 18.1. The second kappa shape index (κ2) is 4.54. The second-order valence-corrected chi connectivity index (χ2v) is 5.02. The third kappa shape index (κ3) is 2.37. The van der Waals surface area contributed by atoms with Gasteiger partial charge >= 0.3 is 6.18 Å². The number of hydrogen-bond acceptors (Lipinski definition) is 2. The van der Waals surface area contributed by atoms with E-state index in [1.54, 1.807) is 10.7 Å². The van der Waals surface area contributed by atoms with Crippen LogP contribution >= 0.6 is 0 Å². The van der Waals surface area contributed by atoms with Crippen LogP contribution in [-0.4, -0.2) is 9.78 Å². The minimum absolute atomic E-state index is 0.0298. The number of aromatic nitrogens is 2. The van der Waals surface area contributed by atoms with E-state index in [9.17, 15) is 13.2 Å². The van der Waals surface area contributed by atoms with E-state index >= 15 is 0 Å². The smallest absolute Gasteiger partial charge is 0.362 e. The number of halogens is 3. The minimum Gasteiger partial charge on any atom is -0.362 e. The van der Waals surface area contributed by atoms with E-state index in [1.165, 1.54) is 6.07 Å². The highest BCUT2D eigenvalue weighted by atomic mass is 19.4. The van der Waals surface area contributed by atoms with E-state index in [0.29, 0.717) is 6.42 Å². The van der Waals surface area contributed by atoms with E-state index in [4.69, 9.17) is 0 Å². The zero-order chi connectivity index (χ0) is 14.3. The van der Waals surface area contributed by atoms with E-state index in [0.717, 1.165) is 29.4 Å². The summed E-state index contributed by atoms with van der Waals surface area (Å²) in [6.07, 6.45) is -1.01. The summed E-state index contributed by atoms with van der Waals surface area (Å²) < 4.78 is 39.7. The zero-order valence-corrected chi connectivity index (χ0v) is 10.9. The van der Waals surface area contributed by atoms with Crippen LogP contribution in [-0.2, 0) is 19.6 Å². The number of rotatable bonds is 2. The molecule has 1 aromatic carbocycles. The van der Waals surface area contributed by atoms with E-state index in [1.807, 2.05) is 19.3 Å². The second-order valence-electron chi connectivity index (χ2n) is 5.02. The molecular weight excluding hydrogens is 267 g/mol. The lowest BCUT2D eigenvalue weighted by Gasteiger charge is -2.14. The Bertz CT molecular complexity index is 631. The lowest BCUT2D eigenvalue weighted by molar-refractivity contribution is -0.137. The maximum atomic E-state index is 12.7. The molecule has 0 spiro atoms. The van der Waals surface area contributed by atoms with Crippen LogP contribution in [0.1, 0.15) is 29.2 Å². The Kier molecular flexibility index (Phi) is 2.96. The average Bonchev–Trinajstić information content (AvgIpc) is 2.95. The van der Waals surface area contributed by atoms with Gasteiger partial charge in [0.15, 0.2) is 0 Å². The summed E-state index contributed by atoms with van der Waals surface area (Å²) in [5.41, 5.74) is 1.13.